The van der Waals surface area contributed by atoms with Crippen LogP contribution in [0.25, 0.3) is 10.2 Å². The molecule has 120 valence electrons. The van der Waals surface area contributed by atoms with Gasteiger partial charge in [0.1, 0.15) is 0 Å². The Morgan fingerprint density at radius 1 is 1.23 bits per heavy atom. The maximum absolute atomic E-state index is 12.2. The molecule has 1 aromatic carbocycles. The fourth-order valence-electron chi connectivity index (χ4n) is 2.82. The summed E-state index contributed by atoms with van der Waals surface area (Å²) in [5.41, 5.74) is 1.00. The SMILES string of the molecule is CC(C)(C)CC(C)(C)NC(=O)CSc1nc2ccccc2s1. The average Bonchev–Trinajstić information content (AvgIpc) is 2.75. The van der Waals surface area contributed by atoms with Crippen molar-refractivity contribution in [1.82, 2.24) is 10.3 Å². The van der Waals surface area contributed by atoms with E-state index in [0.717, 1.165) is 16.3 Å². The third-order valence-corrected chi connectivity index (χ3v) is 5.23. The van der Waals surface area contributed by atoms with E-state index in [0.29, 0.717) is 5.75 Å². The number of rotatable bonds is 5. The first-order valence-electron chi connectivity index (χ1n) is 7.44. The van der Waals surface area contributed by atoms with E-state index in [9.17, 15) is 4.79 Å². The van der Waals surface area contributed by atoms with Crippen LogP contribution in [0.3, 0.4) is 0 Å². The molecule has 0 aliphatic rings. The molecule has 0 fully saturated rings. The first-order chi connectivity index (χ1) is 10.1. The van der Waals surface area contributed by atoms with Crippen LogP contribution in [0, 0.1) is 5.41 Å². The lowest BCUT2D eigenvalue weighted by Gasteiger charge is -2.33. The van der Waals surface area contributed by atoms with E-state index >= 15 is 0 Å². The minimum absolute atomic E-state index is 0.0681. The number of para-hydroxylation sites is 1. The molecule has 0 aliphatic carbocycles. The van der Waals surface area contributed by atoms with E-state index in [2.05, 4.69) is 51.0 Å². The number of aromatic nitrogens is 1. The standard InChI is InChI=1S/C17H24N2OS2/c1-16(2,3)11-17(4,5)19-14(20)10-21-15-18-12-8-6-7-9-13(12)22-15/h6-9H,10-11H2,1-5H3,(H,19,20). The summed E-state index contributed by atoms with van der Waals surface area (Å²) in [4.78, 5) is 16.7. The number of nitrogens with zero attached hydrogens (tertiary/aromatic N) is 1. The van der Waals surface area contributed by atoms with E-state index in [-0.39, 0.29) is 16.9 Å². The van der Waals surface area contributed by atoms with Crippen LogP contribution in [-0.2, 0) is 4.79 Å². The highest BCUT2D eigenvalue weighted by Gasteiger charge is 2.26. The monoisotopic (exact) mass is 336 g/mol. The Morgan fingerprint density at radius 3 is 2.55 bits per heavy atom. The lowest BCUT2D eigenvalue weighted by atomic mass is 9.82. The first kappa shape index (κ1) is 17.3. The smallest absolute Gasteiger partial charge is 0.230 e. The summed E-state index contributed by atoms with van der Waals surface area (Å²) >= 11 is 3.15. The highest BCUT2D eigenvalue weighted by Crippen LogP contribution is 2.30. The fourth-order valence-corrected chi connectivity index (χ4v) is 4.69. The van der Waals surface area contributed by atoms with Gasteiger partial charge in [-0.15, -0.1) is 11.3 Å². The predicted octanol–water partition coefficient (Wildman–Crippen LogP) is 4.72. The first-order valence-corrected chi connectivity index (χ1v) is 9.24. The molecule has 0 bridgehead atoms. The van der Waals surface area contributed by atoms with E-state index in [4.69, 9.17) is 0 Å². The van der Waals surface area contributed by atoms with Gasteiger partial charge in [-0.2, -0.15) is 0 Å². The lowest BCUT2D eigenvalue weighted by molar-refractivity contribution is -0.120. The van der Waals surface area contributed by atoms with Crippen molar-refractivity contribution in [2.24, 2.45) is 5.41 Å². The maximum Gasteiger partial charge on any atom is 0.230 e. The van der Waals surface area contributed by atoms with Gasteiger partial charge in [0, 0.05) is 5.54 Å². The summed E-state index contributed by atoms with van der Waals surface area (Å²) in [7, 11) is 0. The van der Waals surface area contributed by atoms with Gasteiger partial charge in [-0.3, -0.25) is 4.79 Å². The molecular formula is C17H24N2OS2. The van der Waals surface area contributed by atoms with Crippen molar-refractivity contribution < 1.29 is 4.79 Å². The van der Waals surface area contributed by atoms with Crippen molar-refractivity contribution in [2.45, 2.75) is 50.9 Å². The van der Waals surface area contributed by atoms with Crippen LogP contribution < -0.4 is 5.32 Å². The molecule has 2 rings (SSSR count). The zero-order valence-corrected chi connectivity index (χ0v) is 15.5. The fraction of sp³-hybridized carbons (Fsp3) is 0.529. The van der Waals surface area contributed by atoms with Gasteiger partial charge in [0.25, 0.3) is 0 Å². The highest BCUT2D eigenvalue weighted by molar-refractivity contribution is 8.01. The molecule has 1 heterocycles. The number of hydrogen-bond donors (Lipinski definition) is 1. The van der Waals surface area contributed by atoms with Crippen molar-refractivity contribution in [1.29, 1.82) is 0 Å². The summed E-state index contributed by atoms with van der Waals surface area (Å²) in [5.74, 6) is 0.478. The molecule has 3 nitrogen and oxygen atoms in total. The van der Waals surface area contributed by atoms with E-state index < -0.39 is 0 Å². The van der Waals surface area contributed by atoms with Gasteiger partial charge in [-0.25, -0.2) is 4.98 Å². The minimum atomic E-state index is -0.191. The second-order valence-electron chi connectivity index (χ2n) is 7.41. The summed E-state index contributed by atoms with van der Waals surface area (Å²) in [6.45, 7) is 10.7. The number of nitrogens with one attached hydrogen (secondary N) is 1. The third-order valence-electron chi connectivity index (χ3n) is 3.05. The van der Waals surface area contributed by atoms with Gasteiger partial charge in [0.05, 0.1) is 16.0 Å². The molecule has 2 aromatic rings. The molecule has 0 radical (unpaired) electrons. The molecule has 0 unspecified atom stereocenters. The van der Waals surface area contributed by atoms with Gasteiger partial charge < -0.3 is 5.32 Å². The Bertz CT molecular complexity index is 623. The minimum Gasteiger partial charge on any atom is -0.350 e. The maximum atomic E-state index is 12.2. The van der Waals surface area contributed by atoms with Crippen molar-refractivity contribution in [2.75, 3.05) is 5.75 Å². The molecule has 5 heteroatoms. The molecule has 0 aliphatic heterocycles. The molecule has 1 amide bonds. The second kappa shape index (κ2) is 6.59. The second-order valence-corrected chi connectivity index (χ2v) is 9.66. The van der Waals surface area contributed by atoms with E-state index in [1.807, 2.05) is 18.2 Å². The molecule has 1 N–H and O–H groups in total. The van der Waals surface area contributed by atoms with Crippen LogP contribution in [0.1, 0.15) is 41.0 Å². The lowest BCUT2D eigenvalue weighted by Crippen LogP contribution is -2.46. The van der Waals surface area contributed by atoms with Crippen LogP contribution in [0.5, 0.6) is 0 Å². The normalized spacial score (nSPS) is 12.6. The van der Waals surface area contributed by atoms with Gasteiger partial charge >= 0.3 is 0 Å². The van der Waals surface area contributed by atoms with Crippen LogP contribution in [0.4, 0.5) is 0 Å². The number of carbonyl (C=O) groups is 1. The summed E-state index contributed by atoms with van der Waals surface area (Å²) < 4.78 is 2.11. The molecular weight excluding hydrogens is 312 g/mol. The number of benzene rings is 1. The van der Waals surface area contributed by atoms with Crippen molar-refractivity contribution in [3.05, 3.63) is 24.3 Å². The summed E-state index contributed by atoms with van der Waals surface area (Å²) in [6.07, 6.45) is 0.942. The topological polar surface area (TPSA) is 42.0 Å². The molecule has 0 saturated carbocycles. The average molecular weight is 337 g/mol. The number of thiazole rings is 1. The molecule has 0 atom stereocenters. The van der Waals surface area contributed by atoms with Gasteiger partial charge in [0.15, 0.2) is 4.34 Å². The quantitative estimate of drug-likeness (QED) is 0.803. The predicted molar refractivity (Wildman–Crippen MR) is 96.6 cm³/mol. The Morgan fingerprint density at radius 2 is 1.91 bits per heavy atom. The Hall–Kier alpha value is -1.07. The Balaban J connectivity index is 1.89. The van der Waals surface area contributed by atoms with Crippen molar-refractivity contribution in [3.8, 4) is 0 Å². The van der Waals surface area contributed by atoms with Crippen LogP contribution >= 0.6 is 23.1 Å². The summed E-state index contributed by atoms with van der Waals surface area (Å²) in [5, 5.41) is 3.13. The van der Waals surface area contributed by atoms with Crippen LogP contribution in [0.15, 0.2) is 28.6 Å². The Kier molecular flexibility index (Phi) is 5.17. The molecule has 1 aromatic heterocycles. The van der Waals surface area contributed by atoms with Crippen LogP contribution in [0.2, 0.25) is 0 Å². The van der Waals surface area contributed by atoms with E-state index in [1.54, 1.807) is 11.3 Å². The van der Waals surface area contributed by atoms with Gasteiger partial charge in [-0.05, 0) is 37.8 Å². The molecule has 0 saturated heterocycles. The van der Waals surface area contributed by atoms with Gasteiger partial charge in [0.2, 0.25) is 5.91 Å². The van der Waals surface area contributed by atoms with Crippen LogP contribution in [-0.4, -0.2) is 22.2 Å². The molecule has 0 spiro atoms. The van der Waals surface area contributed by atoms with Crippen molar-refractivity contribution >= 4 is 39.2 Å². The molecule has 22 heavy (non-hydrogen) atoms. The third kappa shape index (κ3) is 5.29. The van der Waals surface area contributed by atoms with Gasteiger partial charge in [-0.1, -0.05) is 44.7 Å². The zero-order valence-electron chi connectivity index (χ0n) is 13.9. The number of hydrogen-bond acceptors (Lipinski definition) is 4. The summed E-state index contributed by atoms with van der Waals surface area (Å²) in [6, 6.07) is 8.06. The van der Waals surface area contributed by atoms with Crippen molar-refractivity contribution in [3.63, 3.8) is 0 Å². The highest BCUT2D eigenvalue weighted by atomic mass is 32.2. The number of amides is 1. The van der Waals surface area contributed by atoms with E-state index in [1.165, 1.54) is 16.5 Å². The largest absolute Gasteiger partial charge is 0.350 e. The number of fused-ring (bicyclic) bond motifs is 1. The number of carbonyl (C=O) groups excluding carboxylic acids is 1. The zero-order chi connectivity index (χ0) is 16.4. The Labute approximate surface area is 140 Å². The number of thioether (sulfide) groups is 1.